The number of fused-ring (bicyclic) bond motifs is 4. The zero-order valence-electron chi connectivity index (χ0n) is 74.9. The van der Waals surface area contributed by atoms with Gasteiger partial charge in [0.2, 0.25) is 23.6 Å². The fraction of sp³-hybridized carbons (Fsp3) is 0.548. The number of nitrogens with two attached hydrogens (primary N) is 1. The van der Waals surface area contributed by atoms with Crippen molar-refractivity contribution in [1.29, 1.82) is 0 Å². The van der Waals surface area contributed by atoms with Gasteiger partial charge in [0.05, 0.1) is 73.2 Å². The molecule has 16 atom stereocenters. The van der Waals surface area contributed by atoms with Crippen LogP contribution in [0.25, 0.3) is 10.9 Å². The number of carbonyl (C=O) groups excluding carboxylic acids is 10. The lowest BCUT2D eigenvalue weighted by Gasteiger charge is -2.64. The molecule has 130 heavy (non-hydrogen) atoms. The molecule has 5 aromatic rings. The van der Waals surface area contributed by atoms with Gasteiger partial charge in [-0.25, -0.2) is 14.4 Å². The molecular formula is C93H124N12O23S2. The SMILES string of the molecule is CC[C@](O)(CCN1CCc2c([nH]c3ccccc23)[C@@]1(C)c1cc2c(cc1OC)N(C)C1[C@]23CC(C)N2CC=C[C@@](CC)([C@@H](O)[C@]1(C)C(=O)CNC(=O)OCCSSC[C@@H](CC(=O)[C@H](CC(=O)O)NC(=O)[C@@H](N)CNC(=O)[C@@H](CC(=O)[C@H](Cc1ccccc1)NC(=O)CCNC(=O)CC[C@H](NC(=O)N[C@@H](CCC(=O)O)OC=O)C(=O)O)Cc1ccccc1)C(=O)O)[C@H]23)CC(C)C. The number of nitrogens with zero attached hydrogens (tertiary/aromatic N) is 3. The standard InChI is InChI=1S/C93H124N12O23S2/c1-10-91(125,48-54(3)4)34-38-104-37-32-61-60-25-18-19-26-65(60)99-79(61)90(104,7)63-45-62-69(47-72(63)126-9)103(8)84-89(6,86(122)92(11-2)33-20-36-105-55(5)49-93(62,84)85(92)105)73(109)51-97-88(124)127-39-40-129-130-52-59(82(118)119)44-71(108)68(46-78(114)115)100-81(117)64(94)50-96-80(116)58(41-56-21-14-12-15-22-56)43-70(107)67(42-57-23-16-13-17-24-57)98-75(111)31-35-95-74(110)28-27-66(83(120)121)101-87(123)102-76(128-53-106)29-30-77(112)113/h12-26,33,45,47,53-55,58-59,64,66-68,76,84-86,99,122,125H,10-11,27-32,34-44,46,48-52,94H2,1-9H3,(H,95,110)(H,96,116)(H,97,124)(H,98,111)(H,100,117)(H,112,113)(H,114,115)(H,118,119)(H,120,121)(H2,101,102,123)/t55?,58-,59-,64+,66+,67+,68+,76-,84?,85+,86+,89-,90-,91+,92-,93+/m1/s1. The molecule has 1 aromatic heterocycles. The van der Waals surface area contributed by atoms with Gasteiger partial charge in [-0.2, -0.15) is 0 Å². The Morgan fingerprint density at radius 1 is 0.731 bits per heavy atom. The normalized spacial score (nSPS) is 22.8. The quantitative estimate of drug-likeness (QED) is 0.00655. The van der Waals surface area contributed by atoms with Crippen molar-refractivity contribution >= 4 is 122 Å². The predicted molar refractivity (Wildman–Crippen MR) is 485 cm³/mol. The van der Waals surface area contributed by atoms with Crippen LogP contribution >= 0.6 is 21.6 Å². The van der Waals surface area contributed by atoms with E-state index in [0.717, 1.165) is 61.4 Å². The first-order valence-electron chi connectivity index (χ1n) is 44.2. The second kappa shape index (κ2) is 44.8. The van der Waals surface area contributed by atoms with Crippen molar-refractivity contribution in [2.45, 2.75) is 222 Å². The van der Waals surface area contributed by atoms with E-state index in [1.165, 1.54) is 5.56 Å². The number of nitrogens with one attached hydrogen (secondary N) is 8. The summed E-state index contributed by atoms with van der Waals surface area (Å²) in [6, 6.07) is 21.6. The number of hydrogen-bond acceptors (Lipinski definition) is 25. The number of Topliss-reactive ketones (excluding diaryl/α,β-unsaturated/α-hetero) is 3. The number of benzene rings is 4. The third-order valence-electron chi connectivity index (χ3n) is 26.7. The zero-order chi connectivity index (χ0) is 94.7. The minimum atomic E-state index is -1.78. The van der Waals surface area contributed by atoms with E-state index in [4.69, 9.17) is 20.3 Å². The van der Waals surface area contributed by atoms with Crippen LogP contribution in [0.2, 0.25) is 0 Å². The molecule has 2 fully saturated rings. The lowest BCUT2D eigenvalue weighted by atomic mass is 9.44. The highest BCUT2D eigenvalue weighted by Gasteiger charge is 2.78. The maximum Gasteiger partial charge on any atom is 0.407 e. The van der Waals surface area contributed by atoms with Crippen molar-refractivity contribution < 1.29 is 112 Å². The minimum absolute atomic E-state index is 0.0188. The highest BCUT2D eigenvalue weighted by molar-refractivity contribution is 8.76. The summed E-state index contributed by atoms with van der Waals surface area (Å²) in [6.07, 6.45) is 0.0274. The number of aliphatic hydroxyl groups excluding tert-OH is 1. The number of ketones is 3. The first-order chi connectivity index (χ1) is 61.8. The number of H-pyrrole nitrogens is 1. The fourth-order valence-corrected chi connectivity index (χ4v) is 22.4. The number of aliphatic hydroxyl groups is 2. The van der Waals surface area contributed by atoms with Crippen molar-refractivity contribution in [2.24, 2.45) is 34.3 Å². The van der Waals surface area contributed by atoms with Gasteiger partial charge in [-0.1, -0.05) is 140 Å². The highest BCUT2D eigenvalue weighted by Crippen LogP contribution is 2.70. The van der Waals surface area contributed by atoms with E-state index in [2.05, 4.69) is 139 Å². The number of carbonyl (C=O) groups is 14. The first-order valence-corrected chi connectivity index (χ1v) is 46.7. The molecule has 0 bridgehead atoms. The molecule has 706 valence electrons. The third kappa shape index (κ3) is 23.3. The first kappa shape index (κ1) is 101. The van der Waals surface area contributed by atoms with Crippen LogP contribution in [-0.2, 0) is 97.2 Å². The van der Waals surface area contributed by atoms with Gasteiger partial charge in [0.1, 0.15) is 24.4 Å². The molecule has 1 spiro atoms. The number of ether oxygens (including phenoxy) is 3. The molecule has 5 heterocycles. The monoisotopic (exact) mass is 1840 g/mol. The van der Waals surface area contributed by atoms with E-state index >= 15 is 4.79 Å². The Hall–Kier alpha value is -11.0. The number of alkyl carbamates (subject to hydrolysis) is 1. The van der Waals surface area contributed by atoms with Gasteiger partial charge in [0.15, 0.2) is 23.6 Å². The summed E-state index contributed by atoms with van der Waals surface area (Å²) in [4.78, 5) is 194. The van der Waals surface area contributed by atoms with E-state index in [0.29, 0.717) is 68.6 Å². The number of likely N-dealkylation sites (N-methyl/N-ethyl adjacent to an activating group) is 1. The Morgan fingerprint density at radius 3 is 2.05 bits per heavy atom. The predicted octanol–water partition coefficient (Wildman–Crippen LogP) is 6.43. The summed E-state index contributed by atoms with van der Waals surface area (Å²) in [7, 11) is 5.80. The molecule has 10 rings (SSSR count). The van der Waals surface area contributed by atoms with Crippen LogP contribution in [0.3, 0.4) is 0 Å². The van der Waals surface area contributed by atoms with Crippen molar-refractivity contribution in [3.8, 4) is 5.75 Å². The number of urea groups is 1. The van der Waals surface area contributed by atoms with E-state index in [1.807, 2.05) is 27.0 Å². The number of para-hydroxylation sites is 1. The molecule has 1 saturated carbocycles. The second-order valence-corrected chi connectivity index (χ2v) is 38.1. The molecule has 1 saturated heterocycles. The maximum atomic E-state index is 15.7. The largest absolute Gasteiger partial charge is 0.496 e. The van der Waals surface area contributed by atoms with Crippen LogP contribution in [0.15, 0.2) is 109 Å². The van der Waals surface area contributed by atoms with Gasteiger partial charge in [-0.15, -0.1) is 0 Å². The average Bonchev–Trinajstić information content (AvgIpc) is 1.47. The fourth-order valence-electron chi connectivity index (χ4n) is 20.3. The molecule has 37 heteroatoms. The van der Waals surface area contributed by atoms with Crippen LogP contribution < -0.4 is 52.6 Å². The number of anilines is 1. The number of aromatic amines is 1. The maximum absolute atomic E-state index is 15.7. The zero-order valence-corrected chi connectivity index (χ0v) is 76.6. The third-order valence-corrected chi connectivity index (χ3v) is 29.1. The minimum Gasteiger partial charge on any atom is -0.496 e. The van der Waals surface area contributed by atoms with Crippen molar-refractivity contribution in [2.75, 3.05) is 76.4 Å². The molecule has 2 unspecified atom stereocenters. The molecule has 0 radical (unpaired) electrons. The number of carboxylic acid groups (broad SMARTS) is 4. The molecule has 4 aromatic carbocycles. The smallest absolute Gasteiger partial charge is 0.407 e. The van der Waals surface area contributed by atoms with Crippen molar-refractivity contribution in [1.82, 2.24) is 52.0 Å². The van der Waals surface area contributed by atoms with Gasteiger partial charge in [0, 0.05) is 146 Å². The summed E-state index contributed by atoms with van der Waals surface area (Å²) in [6.45, 7) is 15.0. The summed E-state index contributed by atoms with van der Waals surface area (Å²) in [5, 5.41) is 82.6. The van der Waals surface area contributed by atoms with Gasteiger partial charge >= 0.3 is 36.0 Å². The Bertz CT molecular complexity index is 4970. The van der Waals surface area contributed by atoms with Crippen LogP contribution in [0, 0.1) is 28.6 Å². The van der Waals surface area contributed by atoms with Crippen LogP contribution in [0.4, 0.5) is 15.3 Å². The molecule has 4 aliphatic heterocycles. The van der Waals surface area contributed by atoms with Crippen LogP contribution in [-0.4, -0.2) is 261 Å². The number of hydrogen-bond donors (Lipinski definition) is 15. The van der Waals surface area contributed by atoms with Gasteiger partial charge in [-0.3, -0.25) is 62.5 Å². The van der Waals surface area contributed by atoms with Gasteiger partial charge in [-0.05, 0) is 119 Å². The van der Waals surface area contributed by atoms with Gasteiger partial charge in [0.25, 0.3) is 6.47 Å². The Kier molecular flexibility index (Phi) is 34.8. The van der Waals surface area contributed by atoms with Crippen molar-refractivity contribution in [3.05, 3.63) is 143 Å². The number of carboxylic acids is 4. The second-order valence-electron chi connectivity index (χ2n) is 35.5. The number of aromatic nitrogens is 1. The van der Waals surface area contributed by atoms with Crippen LogP contribution in [0.1, 0.15) is 165 Å². The molecule has 5 aliphatic rings. The molecule has 16 N–H and O–H groups in total. The number of aliphatic carboxylic acids is 4. The summed E-state index contributed by atoms with van der Waals surface area (Å²) >= 11 is 0. The Labute approximate surface area is 763 Å². The highest BCUT2D eigenvalue weighted by atomic mass is 33.1. The topological polar surface area (TPSA) is 524 Å². The van der Waals surface area contributed by atoms with E-state index in [-0.39, 0.29) is 74.8 Å². The average molecular weight is 1840 g/mol. The lowest BCUT2D eigenvalue weighted by Crippen LogP contribution is -2.77. The van der Waals surface area contributed by atoms with E-state index in [9.17, 15) is 87.9 Å². The molecule has 1 aliphatic carbocycles. The molecule has 7 amide bonds. The number of rotatable bonds is 51. The van der Waals surface area contributed by atoms with Crippen molar-refractivity contribution in [3.63, 3.8) is 0 Å². The van der Waals surface area contributed by atoms with Gasteiger partial charge < -0.3 is 97.7 Å². The van der Waals surface area contributed by atoms with E-state index in [1.54, 1.807) is 67.8 Å². The Balaban J connectivity index is 0.730. The molecular weight excluding hydrogens is 1720 g/mol. The number of methoxy groups -OCH3 is 1. The molecule has 35 nitrogen and oxygen atoms in total. The lowest BCUT2D eigenvalue weighted by molar-refractivity contribution is -0.168. The Morgan fingerprint density at radius 2 is 1.41 bits per heavy atom. The van der Waals surface area contributed by atoms with E-state index < -0.39 is 210 Å². The van der Waals surface area contributed by atoms with Crippen LogP contribution in [0.5, 0.6) is 5.75 Å². The summed E-state index contributed by atoms with van der Waals surface area (Å²) in [5.41, 5.74) is 8.72. The summed E-state index contributed by atoms with van der Waals surface area (Å²) < 4.78 is 16.8. The summed E-state index contributed by atoms with van der Waals surface area (Å²) in [5.74, 6) is -12.7. The number of amides is 7.